The summed E-state index contributed by atoms with van der Waals surface area (Å²) in [6, 6.07) is -0.699. The van der Waals surface area contributed by atoms with Crippen molar-refractivity contribution >= 4 is 23.5 Å². The van der Waals surface area contributed by atoms with Crippen molar-refractivity contribution in [2.45, 2.75) is 38.2 Å². The van der Waals surface area contributed by atoms with Crippen LogP contribution in [-0.2, 0) is 21.9 Å². The number of piperazine rings is 1. The molecule has 0 spiro atoms. The Labute approximate surface area is 223 Å². The van der Waals surface area contributed by atoms with Crippen molar-refractivity contribution in [3.05, 3.63) is 40.1 Å². The first-order valence-corrected chi connectivity index (χ1v) is 12.4. The van der Waals surface area contributed by atoms with E-state index in [1.807, 2.05) is 0 Å². The van der Waals surface area contributed by atoms with Crippen LogP contribution in [0.15, 0.2) is 23.4 Å². The number of likely N-dealkylation sites (tertiary alicyclic amines) is 1. The van der Waals surface area contributed by atoms with Gasteiger partial charge >= 0.3 is 12.4 Å². The Morgan fingerprint density at radius 2 is 1.70 bits per heavy atom. The predicted molar refractivity (Wildman–Crippen MR) is 128 cm³/mol. The molecule has 2 aromatic rings. The Bertz CT molecular complexity index is 1280. The fraction of sp³-hybridized carbons (Fsp3) is 0.565. The molecule has 2 atom stereocenters. The summed E-state index contributed by atoms with van der Waals surface area (Å²) in [5.41, 5.74) is -4.29. The molecule has 2 fully saturated rings. The number of hydrogen-bond donors (Lipinski definition) is 2. The van der Waals surface area contributed by atoms with Crippen LogP contribution in [0.2, 0.25) is 0 Å². The molecule has 2 aromatic heterocycles. The van der Waals surface area contributed by atoms with Gasteiger partial charge in [0, 0.05) is 64.1 Å². The summed E-state index contributed by atoms with van der Waals surface area (Å²) in [4.78, 5) is 49.7. The lowest BCUT2D eigenvalue weighted by molar-refractivity contribution is -0.144. The number of hydrogen-bond acceptors (Lipinski definition) is 8. The average Bonchev–Trinajstić information content (AvgIpc) is 2.88. The van der Waals surface area contributed by atoms with E-state index in [0.717, 1.165) is 6.20 Å². The van der Waals surface area contributed by atoms with Gasteiger partial charge in [-0.1, -0.05) is 0 Å². The number of alkyl halides is 6. The maximum absolute atomic E-state index is 13.3. The second-order valence-electron chi connectivity index (χ2n) is 9.65. The number of rotatable bonds is 6. The molecule has 2 amide bonds. The molecule has 0 aromatic carbocycles. The normalized spacial score (nSPS) is 19.5. The van der Waals surface area contributed by atoms with Crippen LogP contribution in [0.1, 0.15) is 30.9 Å². The summed E-state index contributed by atoms with van der Waals surface area (Å²) in [5, 5.41) is 7.76. The smallest absolute Gasteiger partial charge is 0.379 e. The van der Waals surface area contributed by atoms with E-state index in [1.54, 1.807) is 21.8 Å². The van der Waals surface area contributed by atoms with Crippen LogP contribution < -0.4 is 15.8 Å². The molecule has 2 aliphatic heterocycles. The van der Waals surface area contributed by atoms with Crippen LogP contribution >= 0.6 is 0 Å². The topological polar surface area (TPSA) is 127 Å². The number of carbonyl (C=O) groups is 2. The molecule has 218 valence electrons. The minimum Gasteiger partial charge on any atom is -0.379 e. The van der Waals surface area contributed by atoms with Gasteiger partial charge in [-0.15, -0.1) is 0 Å². The first-order valence-electron chi connectivity index (χ1n) is 12.4. The first-order chi connectivity index (χ1) is 18.7. The summed E-state index contributed by atoms with van der Waals surface area (Å²) in [7, 11) is 0. The Hall–Kier alpha value is -3.92. The lowest BCUT2D eigenvalue weighted by atomic mass is 9.95. The molecule has 0 radical (unpaired) electrons. The van der Waals surface area contributed by atoms with Gasteiger partial charge in [0.2, 0.25) is 17.8 Å². The third-order valence-electron chi connectivity index (χ3n) is 6.72. The van der Waals surface area contributed by atoms with Gasteiger partial charge in [-0.2, -0.15) is 31.4 Å². The fourth-order valence-electron chi connectivity index (χ4n) is 4.74. The van der Waals surface area contributed by atoms with E-state index in [-0.39, 0.29) is 50.4 Å². The molecule has 2 aliphatic rings. The number of halogens is 6. The zero-order chi connectivity index (χ0) is 29.2. The van der Waals surface area contributed by atoms with Gasteiger partial charge in [-0.25, -0.2) is 15.1 Å². The molecule has 4 heterocycles. The van der Waals surface area contributed by atoms with Crippen LogP contribution in [0.4, 0.5) is 38.0 Å². The zero-order valence-electron chi connectivity index (χ0n) is 21.2. The van der Waals surface area contributed by atoms with Gasteiger partial charge in [0.1, 0.15) is 5.56 Å². The average molecular weight is 577 g/mol. The summed E-state index contributed by atoms with van der Waals surface area (Å²) < 4.78 is 78.2. The van der Waals surface area contributed by atoms with Gasteiger partial charge in [-0.05, 0) is 13.3 Å². The molecular formula is C23H26F6N8O3. The maximum Gasteiger partial charge on any atom is 0.423 e. The minimum atomic E-state index is -4.92. The van der Waals surface area contributed by atoms with Crippen LogP contribution in [0.5, 0.6) is 0 Å². The van der Waals surface area contributed by atoms with E-state index in [0.29, 0.717) is 31.9 Å². The molecule has 2 unspecified atom stereocenters. The lowest BCUT2D eigenvalue weighted by Crippen LogP contribution is -2.54. The molecule has 17 heteroatoms. The highest BCUT2D eigenvalue weighted by Gasteiger charge is 2.39. The molecular weight excluding hydrogens is 550 g/mol. The summed E-state index contributed by atoms with van der Waals surface area (Å²) >= 11 is 0. The van der Waals surface area contributed by atoms with Crippen LogP contribution in [0.3, 0.4) is 0 Å². The molecule has 2 N–H and O–H groups in total. The van der Waals surface area contributed by atoms with E-state index in [1.165, 1.54) is 4.90 Å². The molecule has 0 saturated carbocycles. The molecule has 0 bridgehead atoms. The van der Waals surface area contributed by atoms with Crippen molar-refractivity contribution in [3.8, 4) is 0 Å². The number of amides is 2. The second kappa shape index (κ2) is 11.3. The molecule has 11 nitrogen and oxygen atoms in total. The number of aromatic amines is 1. The Morgan fingerprint density at radius 1 is 1.05 bits per heavy atom. The Kier molecular flexibility index (Phi) is 8.20. The van der Waals surface area contributed by atoms with E-state index in [9.17, 15) is 40.7 Å². The van der Waals surface area contributed by atoms with E-state index < -0.39 is 46.7 Å². The highest BCUT2D eigenvalue weighted by Crippen LogP contribution is 2.32. The standard InChI is InChI=1S/C23H26F6N8O3/c1-13(33-16-10-32-34-19(39)18(16)23(27,28)29)11-37-12-14(2-3-17(37)38)20(40)35-4-6-36(7-5-35)21-30-8-15(9-31-21)22(24,25)26/h8-10,13-14H,2-7,11-12H2,1H3,(H2,33,34,39). The van der Waals surface area contributed by atoms with Crippen molar-refractivity contribution in [2.75, 3.05) is 49.5 Å². The summed E-state index contributed by atoms with van der Waals surface area (Å²) in [6.45, 7) is 2.78. The van der Waals surface area contributed by atoms with E-state index in [4.69, 9.17) is 0 Å². The van der Waals surface area contributed by atoms with Crippen molar-refractivity contribution in [1.82, 2.24) is 30.0 Å². The van der Waals surface area contributed by atoms with Crippen LogP contribution in [0, 0.1) is 5.92 Å². The first kappa shape index (κ1) is 29.1. The minimum absolute atomic E-state index is 0.00819. The number of nitrogens with zero attached hydrogens (tertiary/aromatic N) is 6. The number of H-pyrrole nitrogens is 1. The lowest BCUT2D eigenvalue weighted by Gasteiger charge is -2.39. The highest BCUT2D eigenvalue weighted by atomic mass is 19.4. The van der Waals surface area contributed by atoms with E-state index >= 15 is 0 Å². The predicted octanol–water partition coefficient (Wildman–Crippen LogP) is 1.99. The maximum atomic E-state index is 13.3. The molecule has 2 saturated heterocycles. The van der Waals surface area contributed by atoms with Crippen molar-refractivity contribution in [2.24, 2.45) is 5.92 Å². The summed E-state index contributed by atoms with van der Waals surface area (Å²) in [5.74, 6) is -0.836. The van der Waals surface area contributed by atoms with Crippen LogP contribution in [0.25, 0.3) is 0 Å². The largest absolute Gasteiger partial charge is 0.423 e. The van der Waals surface area contributed by atoms with E-state index in [2.05, 4.69) is 20.4 Å². The van der Waals surface area contributed by atoms with Gasteiger partial charge in [0.15, 0.2) is 0 Å². The van der Waals surface area contributed by atoms with Gasteiger partial charge in [0.05, 0.1) is 23.4 Å². The number of piperidine rings is 1. The second-order valence-corrected chi connectivity index (χ2v) is 9.65. The van der Waals surface area contributed by atoms with Gasteiger partial charge < -0.3 is 20.0 Å². The number of aromatic nitrogens is 4. The zero-order valence-corrected chi connectivity index (χ0v) is 21.2. The molecule has 40 heavy (non-hydrogen) atoms. The number of nitrogens with one attached hydrogen (secondary N) is 2. The highest BCUT2D eigenvalue weighted by molar-refractivity contribution is 5.84. The van der Waals surface area contributed by atoms with Crippen molar-refractivity contribution < 1.29 is 35.9 Å². The van der Waals surface area contributed by atoms with Crippen molar-refractivity contribution in [1.29, 1.82) is 0 Å². The SMILES string of the molecule is CC(CN1CC(C(=O)N2CCN(c3ncc(C(F)(F)F)cn3)CC2)CCC1=O)Nc1cn[nH]c(=O)c1C(F)(F)F. The number of carbonyl (C=O) groups excluding carboxylic acids is 2. The summed E-state index contributed by atoms with van der Waals surface area (Å²) in [6.07, 6.45) is -6.80. The number of anilines is 2. The third kappa shape index (κ3) is 6.62. The van der Waals surface area contributed by atoms with Crippen molar-refractivity contribution in [3.63, 3.8) is 0 Å². The quantitative estimate of drug-likeness (QED) is 0.500. The fourth-order valence-corrected chi connectivity index (χ4v) is 4.74. The third-order valence-corrected chi connectivity index (χ3v) is 6.72. The van der Waals surface area contributed by atoms with Crippen LogP contribution in [-0.4, -0.2) is 87.1 Å². The molecule has 4 rings (SSSR count). The van der Waals surface area contributed by atoms with Gasteiger partial charge in [-0.3, -0.25) is 14.4 Å². The Morgan fingerprint density at radius 3 is 2.30 bits per heavy atom. The van der Waals surface area contributed by atoms with Gasteiger partial charge in [0.25, 0.3) is 5.56 Å². The molecule has 0 aliphatic carbocycles. The monoisotopic (exact) mass is 576 g/mol. The Balaban J connectivity index is 1.33.